The predicted molar refractivity (Wildman–Crippen MR) is 76.4 cm³/mol. The lowest BCUT2D eigenvalue weighted by molar-refractivity contribution is -0.140. The monoisotopic (exact) mass is 324 g/mol. The Bertz CT molecular complexity index is 857. The molecule has 2 aromatic carbocycles. The first-order valence-electron chi connectivity index (χ1n) is 6.53. The minimum Gasteiger partial charge on any atom is -0.355 e. The van der Waals surface area contributed by atoms with E-state index in [1.807, 2.05) is 0 Å². The maximum absolute atomic E-state index is 13.4. The normalized spacial score (nSPS) is 11.7. The van der Waals surface area contributed by atoms with Crippen LogP contribution in [0.25, 0.3) is 10.9 Å². The van der Waals surface area contributed by atoms with E-state index in [1.54, 1.807) is 0 Å². The molecular weight excluding hydrogens is 315 g/mol. The highest BCUT2D eigenvalue weighted by Gasteiger charge is 2.33. The molecule has 0 radical (unpaired) electrons. The third-order valence-electron chi connectivity index (χ3n) is 3.18. The van der Waals surface area contributed by atoms with Gasteiger partial charge in [0.2, 0.25) is 0 Å². The molecule has 0 unspecified atom stereocenters. The Morgan fingerprint density at radius 3 is 2.13 bits per heavy atom. The van der Waals surface area contributed by atoms with Crippen LogP contribution in [0, 0.1) is 11.6 Å². The molecule has 1 heterocycles. The van der Waals surface area contributed by atoms with Crippen molar-refractivity contribution in [3.05, 3.63) is 65.9 Å². The number of pyridine rings is 1. The number of halogens is 5. The van der Waals surface area contributed by atoms with Gasteiger partial charge in [-0.05, 0) is 48.5 Å². The maximum atomic E-state index is 13.4. The zero-order valence-electron chi connectivity index (χ0n) is 11.5. The number of aromatic nitrogens is 1. The van der Waals surface area contributed by atoms with E-state index < -0.39 is 23.5 Å². The van der Waals surface area contributed by atoms with Crippen LogP contribution >= 0.6 is 0 Å². The summed E-state index contributed by atoms with van der Waals surface area (Å²) in [5.41, 5.74) is -0.684. The van der Waals surface area contributed by atoms with Gasteiger partial charge in [-0.2, -0.15) is 13.2 Å². The van der Waals surface area contributed by atoms with Gasteiger partial charge in [0.05, 0.1) is 11.2 Å². The largest absolute Gasteiger partial charge is 0.433 e. The van der Waals surface area contributed by atoms with E-state index in [0.29, 0.717) is 5.69 Å². The van der Waals surface area contributed by atoms with Crippen molar-refractivity contribution in [2.75, 3.05) is 5.32 Å². The van der Waals surface area contributed by atoms with Gasteiger partial charge in [0.25, 0.3) is 0 Å². The summed E-state index contributed by atoms with van der Waals surface area (Å²) in [5.74, 6) is -1.07. The Hall–Kier alpha value is -2.70. The first-order valence-corrected chi connectivity index (χ1v) is 6.53. The Morgan fingerprint density at radius 1 is 0.826 bits per heavy atom. The van der Waals surface area contributed by atoms with Gasteiger partial charge in [0, 0.05) is 11.1 Å². The lowest BCUT2D eigenvalue weighted by Gasteiger charge is -2.13. The fourth-order valence-electron chi connectivity index (χ4n) is 2.14. The number of anilines is 2. The van der Waals surface area contributed by atoms with Gasteiger partial charge in [-0.15, -0.1) is 0 Å². The van der Waals surface area contributed by atoms with Crippen LogP contribution in [0.2, 0.25) is 0 Å². The van der Waals surface area contributed by atoms with E-state index in [-0.39, 0.29) is 16.6 Å². The van der Waals surface area contributed by atoms with Crippen molar-refractivity contribution in [3.63, 3.8) is 0 Å². The van der Waals surface area contributed by atoms with Crippen molar-refractivity contribution in [2.24, 2.45) is 0 Å². The molecule has 0 aliphatic rings. The van der Waals surface area contributed by atoms with Crippen molar-refractivity contribution >= 4 is 22.3 Å². The van der Waals surface area contributed by atoms with Crippen molar-refractivity contribution in [1.82, 2.24) is 4.98 Å². The average molecular weight is 324 g/mol. The van der Waals surface area contributed by atoms with Gasteiger partial charge in [-0.3, -0.25) is 0 Å². The molecule has 0 aliphatic carbocycles. The van der Waals surface area contributed by atoms with Crippen LogP contribution < -0.4 is 5.32 Å². The lowest BCUT2D eigenvalue weighted by atomic mass is 10.1. The van der Waals surface area contributed by atoms with Crippen molar-refractivity contribution in [2.45, 2.75) is 6.18 Å². The summed E-state index contributed by atoms with van der Waals surface area (Å²) in [5, 5.41) is 2.94. The average Bonchev–Trinajstić information content (AvgIpc) is 2.49. The summed E-state index contributed by atoms with van der Waals surface area (Å²) in [6.07, 6.45) is -4.64. The third kappa shape index (κ3) is 3.23. The SMILES string of the molecule is Fc1ccc(Nc2cc(C(F)(F)F)nc3ccc(F)cc23)cc1. The van der Waals surface area contributed by atoms with Gasteiger partial charge >= 0.3 is 6.18 Å². The van der Waals surface area contributed by atoms with Crippen LogP contribution in [0.3, 0.4) is 0 Å². The van der Waals surface area contributed by atoms with E-state index in [9.17, 15) is 22.0 Å². The minimum absolute atomic E-state index is 0.00540. The van der Waals surface area contributed by atoms with Gasteiger partial charge in [0.15, 0.2) is 0 Å². The summed E-state index contributed by atoms with van der Waals surface area (Å²) in [4.78, 5) is 3.51. The molecule has 23 heavy (non-hydrogen) atoms. The smallest absolute Gasteiger partial charge is 0.355 e. The second kappa shape index (κ2) is 5.49. The van der Waals surface area contributed by atoms with Crippen LogP contribution in [0.1, 0.15) is 5.69 Å². The number of benzene rings is 2. The van der Waals surface area contributed by atoms with Crippen LogP contribution in [0.4, 0.5) is 33.3 Å². The van der Waals surface area contributed by atoms with Crippen molar-refractivity contribution in [3.8, 4) is 0 Å². The third-order valence-corrected chi connectivity index (χ3v) is 3.18. The Balaban J connectivity index is 2.15. The summed E-state index contributed by atoms with van der Waals surface area (Å²) in [7, 11) is 0. The molecule has 0 aliphatic heterocycles. The molecule has 1 aromatic heterocycles. The van der Waals surface area contributed by atoms with E-state index >= 15 is 0 Å². The number of rotatable bonds is 2. The highest BCUT2D eigenvalue weighted by molar-refractivity contribution is 5.93. The molecule has 0 amide bonds. The van der Waals surface area contributed by atoms with Crippen LogP contribution in [0.5, 0.6) is 0 Å². The number of hydrogen-bond acceptors (Lipinski definition) is 2. The fraction of sp³-hybridized carbons (Fsp3) is 0.0625. The Morgan fingerprint density at radius 2 is 1.48 bits per heavy atom. The Labute approximate surface area is 127 Å². The van der Waals surface area contributed by atoms with Gasteiger partial charge < -0.3 is 5.32 Å². The second-order valence-corrected chi connectivity index (χ2v) is 4.85. The molecule has 2 nitrogen and oxygen atoms in total. The standard InChI is InChI=1S/C16H9F5N2/c17-9-1-4-11(5-2-9)22-14-8-15(16(19,20)21)23-13-6-3-10(18)7-12(13)14/h1-8H,(H,22,23). The first kappa shape index (κ1) is 15.2. The molecule has 0 bridgehead atoms. The summed E-state index contributed by atoms with van der Waals surface area (Å²) >= 11 is 0. The van der Waals surface area contributed by atoms with E-state index in [2.05, 4.69) is 10.3 Å². The highest BCUT2D eigenvalue weighted by atomic mass is 19.4. The fourth-order valence-corrected chi connectivity index (χ4v) is 2.14. The molecule has 3 aromatic rings. The number of fused-ring (bicyclic) bond motifs is 1. The van der Waals surface area contributed by atoms with Crippen LogP contribution in [0.15, 0.2) is 48.5 Å². The number of nitrogens with one attached hydrogen (secondary N) is 1. The number of alkyl halides is 3. The topological polar surface area (TPSA) is 24.9 Å². The Kier molecular flexibility index (Phi) is 3.63. The number of nitrogens with zero attached hydrogens (tertiary/aromatic N) is 1. The van der Waals surface area contributed by atoms with Crippen LogP contribution in [-0.4, -0.2) is 4.98 Å². The first-order chi connectivity index (χ1) is 10.8. The minimum atomic E-state index is -4.64. The zero-order chi connectivity index (χ0) is 16.6. The van der Waals surface area contributed by atoms with Crippen LogP contribution in [-0.2, 0) is 6.18 Å². The predicted octanol–water partition coefficient (Wildman–Crippen LogP) is 5.28. The molecule has 1 N–H and O–H groups in total. The molecule has 7 heteroatoms. The zero-order valence-corrected chi connectivity index (χ0v) is 11.5. The van der Waals surface area contributed by atoms with E-state index in [1.165, 1.54) is 18.2 Å². The van der Waals surface area contributed by atoms with Gasteiger partial charge in [0.1, 0.15) is 17.3 Å². The van der Waals surface area contributed by atoms with Crippen molar-refractivity contribution < 1.29 is 22.0 Å². The number of hydrogen-bond donors (Lipinski definition) is 1. The maximum Gasteiger partial charge on any atom is 0.433 e. The summed E-state index contributed by atoms with van der Waals surface area (Å²) in [6, 6.07) is 9.17. The molecule has 0 saturated heterocycles. The molecule has 3 rings (SSSR count). The quantitative estimate of drug-likeness (QED) is 0.649. The summed E-state index contributed by atoms with van der Waals surface area (Å²) in [6.45, 7) is 0. The molecule has 0 spiro atoms. The second-order valence-electron chi connectivity index (χ2n) is 4.85. The molecule has 0 fully saturated rings. The van der Waals surface area contributed by atoms with Gasteiger partial charge in [-0.25, -0.2) is 13.8 Å². The highest BCUT2D eigenvalue weighted by Crippen LogP contribution is 2.34. The molecule has 118 valence electrons. The van der Waals surface area contributed by atoms with Crippen molar-refractivity contribution in [1.29, 1.82) is 0 Å². The van der Waals surface area contributed by atoms with E-state index in [0.717, 1.165) is 30.3 Å². The molecule has 0 saturated carbocycles. The summed E-state index contributed by atoms with van der Waals surface area (Å²) < 4.78 is 65.2. The molecule has 0 atom stereocenters. The van der Waals surface area contributed by atoms with Gasteiger partial charge in [-0.1, -0.05) is 0 Å². The van der Waals surface area contributed by atoms with E-state index in [4.69, 9.17) is 0 Å². The molecular formula is C16H9F5N2. The lowest BCUT2D eigenvalue weighted by Crippen LogP contribution is -2.09.